The number of benzene rings is 1. The van der Waals surface area contributed by atoms with Gasteiger partial charge in [-0.15, -0.1) is 0 Å². The topological polar surface area (TPSA) is 65.1 Å². The van der Waals surface area contributed by atoms with Crippen molar-refractivity contribution in [3.05, 3.63) is 35.5 Å². The zero-order valence-electron chi connectivity index (χ0n) is 9.95. The molecule has 17 heavy (non-hydrogen) atoms. The van der Waals surface area contributed by atoms with Crippen LogP contribution in [0.5, 0.6) is 0 Å². The molecule has 3 N–H and O–H groups in total. The van der Waals surface area contributed by atoms with Gasteiger partial charge in [0.15, 0.2) is 0 Å². The number of nitrogens with one attached hydrogen (secondary N) is 2. The van der Waals surface area contributed by atoms with Gasteiger partial charge in [-0.05, 0) is 31.5 Å². The zero-order valence-corrected chi connectivity index (χ0v) is 9.95. The Morgan fingerprint density at radius 2 is 2.24 bits per heavy atom. The smallest absolute Gasteiger partial charge is 0.268 e. The van der Waals surface area contributed by atoms with Gasteiger partial charge >= 0.3 is 0 Å². The molecular formula is C13H16N2O2. The van der Waals surface area contributed by atoms with E-state index in [2.05, 4.69) is 10.3 Å². The Labute approximate surface area is 99.7 Å². The molecule has 0 aliphatic carbocycles. The molecule has 0 aliphatic heterocycles. The van der Waals surface area contributed by atoms with Crippen LogP contribution in [-0.4, -0.2) is 28.6 Å². The number of H-pyrrole nitrogens is 1. The van der Waals surface area contributed by atoms with Crippen LogP contribution in [0.2, 0.25) is 0 Å². The number of aromatic nitrogens is 1. The molecule has 4 heteroatoms. The molecule has 0 radical (unpaired) electrons. The SMILES string of the molecule is Cc1ccc2cc(C(=O)N[C@H](C)CO)[nH]c2c1. The van der Waals surface area contributed by atoms with E-state index in [0.29, 0.717) is 5.69 Å². The number of hydrogen-bond donors (Lipinski definition) is 3. The molecule has 0 unspecified atom stereocenters. The fourth-order valence-electron chi connectivity index (χ4n) is 1.71. The molecule has 0 aliphatic rings. The number of rotatable bonds is 3. The number of hydrogen-bond acceptors (Lipinski definition) is 2. The molecule has 0 bridgehead atoms. The normalized spacial score (nSPS) is 12.6. The highest BCUT2D eigenvalue weighted by atomic mass is 16.3. The maximum atomic E-state index is 11.8. The highest BCUT2D eigenvalue weighted by Gasteiger charge is 2.11. The molecule has 1 aromatic carbocycles. The van der Waals surface area contributed by atoms with Gasteiger partial charge in [-0.1, -0.05) is 12.1 Å². The lowest BCUT2D eigenvalue weighted by Gasteiger charge is -2.08. The molecule has 0 saturated heterocycles. The van der Waals surface area contributed by atoms with Gasteiger partial charge in [0, 0.05) is 16.9 Å². The minimum absolute atomic E-state index is 0.0644. The Balaban J connectivity index is 2.27. The first kappa shape index (κ1) is 11.7. The van der Waals surface area contributed by atoms with Gasteiger partial charge in [-0.25, -0.2) is 0 Å². The number of fused-ring (bicyclic) bond motifs is 1. The van der Waals surface area contributed by atoms with Crippen molar-refractivity contribution in [2.45, 2.75) is 19.9 Å². The van der Waals surface area contributed by atoms with Crippen LogP contribution in [0.25, 0.3) is 10.9 Å². The molecule has 1 heterocycles. The van der Waals surface area contributed by atoms with E-state index in [4.69, 9.17) is 5.11 Å². The van der Waals surface area contributed by atoms with Crippen molar-refractivity contribution in [2.24, 2.45) is 0 Å². The van der Waals surface area contributed by atoms with Gasteiger partial charge in [0.1, 0.15) is 5.69 Å². The summed E-state index contributed by atoms with van der Waals surface area (Å²) in [4.78, 5) is 14.9. The van der Waals surface area contributed by atoms with Crippen LogP contribution in [0, 0.1) is 6.92 Å². The fourth-order valence-corrected chi connectivity index (χ4v) is 1.71. The van der Waals surface area contributed by atoms with E-state index in [1.165, 1.54) is 0 Å². The van der Waals surface area contributed by atoms with Crippen molar-refractivity contribution in [1.82, 2.24) is 10.3 Å². The van der Waals surface area contributed by atoms with Crippen LogP contribution in [-0.2, 0) is 0 Å². The van der Waals surface area contributed by atoms with Crippen molar-refractivity contribution in [1.29, 1.82) is 0 Å². The molecular weight excluding hydrogens is 216 g/mol. The standard InChI is InChI=1S/C13H16N2O2/c1-8-3-4-10-6-12(15-11(10)5-8)13(17)14-9(2)7-16/h3-6,9,15-16H,7H2,1-2H3,(H,14,17)/t9-/m1/s1. The van der Waals surface area contributed by atoms with E-state index in [0.717, 1.165) is 16.5 Å². The Morgan fingerprint density at radius 1 is 1.47 bits per heavy atom. The summed E-state index contributed by atoms with van der Waals surface area (Å²) in [5.74, 6) is -0.194. The number of aryl methyl sites for hydroxylation is 1. The Morgan fingerprint density at radius 3 is 2.94 bits per heavy atom. The third kappa shape index (κ3) is 2.47. The van der Waals surface area contributed by atoms with Gasteiger partial charge in [-0.2, -0.15) is 0 Å². The Bertz CT molecular complexity index is 545. The van der Waals surface area contributed by atoms with Crippen LogP contribution >= 0.6 is 0 Å². The summed E-state index contributed by atoms with van der Waals surface area (Å²) < 4.78 is 0. The average molecular weight is 232 g/mol. The average Bonchev–Trinajstić information content (AvgIpc) is 2.71. The summed E-state index contributed by atoms with van der Waals surface area (Å²) in [7, 11) is 0. The van der Waals surface area contributed by atoms with Gasteiger partial charge in [-0.3, -0.25) is 4.79 Å². The number of aromatic amines is 1. The molecule has 0 saturated carbocycles. The van der Waals surface area contributed by atoms with Crippen molar-refractivity contribution in [3.63, 3.8) is 0 Å². The number of amides is 1. The summed E-state index contributed by atoms with van der Waals surface area (Å²) in [5, 5.41) is 12.6. The third-order valence-electron chi connectivity index (χ3n) is 2.67. The maximum absolute atomic E-state index is 11.8. The molecule has 90 valence electrons. The predicted octanol–water partition coefficient (Wildman–Crippen LogP) is 1.59. The summed E-state index contributed by atoms with van der Waals surface area (Å²) in [6.07, 6.45) is 0. The van der Waals surface area contributed by atoms with E-state index in [1.807, 2.05) is 31.2 Å². The van der Waals surface area contributed by atoms with E-state index >= 15 is 0 Å². The third-order valence-corrected chi connectivity index (χ3v) is 2.67. The molecule has 2 aromatic rings. The predicted molar refractivity (Wildman–Crippen MR) is 67.0 cm³/mol. The second-order valence-corrected chi connectivity index (χ2v) is 4.33. The highest BCUT2D eigenvalue weighted by molar-refractivity contribution is 5.98. The minimum atomic E-state index is -0.240. The number of carbonyl (C=O) groups excluding carboxylic acids is 1. The van der Waals surface area contributed by atoms with Crippen LogP contribution in [0.15, 0.2) is 24.3 Å². The molecule has 0 spiro atoms. The number of carbonyl (C=O) groups is 1. The van der Waals surface area contributed by atoms with E-state index in [1.54, 1.807) is 6.92 Å². The molecule has 0 fully saturated rings. The Kier molecular flexibility index (Phi) is 3.15. The lowest BCUT2D eigenvalue weighted by molar-refractivity contribution is 0.0918. The maximum Gasteiger partial charge on any atom is 0.268 e. The fraction of sp³-hybridized carbons (Fsp3) is 0.308. The van der Waals surface area contributed by atoms with Gasteiger partial charge in [0.25, 0.3) is 5.91 Å². The van der Waals surface area contributed by atoms with E-state index in [9.17, 15) is 4.79 Å². The highest BCUT2D eigenvalue weighted by Crippen LogP contribution is 2.16. The van der Waals surface area contributed by atoms with Gasteiger partial charge in [0.05, 0.1) is 6.61 Å². The zero-order chi connectivity index (χ0) is 12.4. The van der Waals surface area contributed by atoms with Crippen molar-refractivity contribution < 1.29 is 9.90 Å². The second kappa shape index (κ2) is 4.59. The summed E-state index contributed by atoms with van der Waals surface area (Å²) in [5.41, 5.74) is 2.62. The number of aliphatic hydroxyl groups is 1. The monoisotopic (exact) mass is 232 g/mol. The summed E-state index contributed by atoms with van der Waals surface area (Å²) >= 11 is 0. The molecule has 1 amide bonds. The molecule has 1 aromatic heterocycles. The van der Waals surface area contributed by atoms with Crippen LogP contribution < -0.4 is 5.32 Å². The summed E-state index contributed by atoms with van der Waals surface area (Å²) in [6.45, 7) is 3.70. The first-order valence-electron chi connectivity index (χ1n) is 5.61. The van der Waals surface area contributed by atoms with E-state index in [-0.39, 0.29) is 18.6 Å². The summed E-state index contributed by atoms with van der Waals surface area (Å²) in [6, 6.07) is 7.56. The lowest BCUT2D eigenvalue weighted by atomic mass is 10.2. The van der Waals surface area contributed by atoms with Crippen molar-refractivity contribution in [2.75, 3.05) is 6.61 Å². The quantitative estimate of drug-likeness (QED) is 0.752. The van der Waals surface area contributed by atoms with Crippen LogP contribution in [0.4, 0.5) is 0 Å². The first-order valence-corrected chi connectivity index (χ1v) is 5.61. The molecule has 1 atom stereocenters. The Hall–Kier alpha value is -1.81. The second-order valence-electron chi connectivity index (χ2n) is 4.33. The first-order chi connectivity index (χ1) is 8.10. The largest absolute Gasteiger partial charge is 0.394 e. The van der Waals surface area contributed by atoms with Crippen molar-refractivity contribution in [3.8, 4) is 0 Å². The molecule has 4 nitrogen and oxygen atoms in total. The van der Waals surface area contributed by atoms with Crippen LogP contribution in [0.3, 0.4) is 0 Å². The van der Waals surface area contributed by atoms with Gasteiger partial charge < -0.3 is 15.4 Å². The van der Waals surface area contributed by atoms with Crippen LogP contribution in [0.1, 0.15) is 23.0 Å². The molecule has 2 rings (SSSR count). The number of aliphatic hydroxyl groups excluding tert-OH is 1. The van der Waals surface area contributed by atoms with Crippen molar-refractivity contribution >= 4 is 16.8 Å². The lowest BCUT2D eigenvalue weighted by Crippen LogP contribution is -2.35. The van der Waals surface area contributed by atoms with Gasteiger partial charge in [0.2, 0.25) is 0 Å². The van der Waals surface area contributed by atoms with E-state index < -0.39 is 0 Å². The minimum Gasteiger partial charge on any atom is -0.394 e.